The van der Waals surface area contributed by atoms with Crippen molar-refractivity contribution < 1.29 is 9.53 Å². The predicted molar refractivity (Wildman–Crippen MR) is 207 cm³/mol. The first-order chi connectivity index (χ1) is 22.8. The Morgan fingerprint density at radius 2 is 0.609 bits per heavy atom. The van der Waals surface area contributed by atoms with E-state index in [-0.39, 0.29) is 5.97 Å². The molecular formula is C44H86O2. The van der Waals surface area contributed by atoms with Crippen molar-refractivity contribution in [1.82, 2.24) is 0 Å². The second-order valence-electron chi connectivity index (χ2n) is 14.7. The first-order valence-electron chi connectivity index (χ1n) is 21.6. The van der Waals surface area contributed by atoms with Crippen LogP contribution in [0.2, 0.25) is 0 Å². The third-order valence-electron chi connectivity index (χ3n) is 9.90. The molecule has 0 unspecified atom stereocenters. The van der Waals surface area contributed by atoms with Crippen molar-refractivity contribution in [1.29, 1.82) is 0 Å². The Morgan fingerprint density at radius 3 is 0.935 bits per heavy atom. The largest absolute Gasteiger partial charge is 0.466 e. The van der Waals surface area contributed by atoms with Gasteiger partial charge in [0.05, 0.1) is 6.61 Å². The van der Waals surface area contributed by atoms with Gasteiger partial charge in [-0.3, -0.25) is 4.79 Å². The first kappa shape index (κ1) is 45.2. The second-order valence-corrected chi connectivity index (χ2v) is 14.7. The molecule has 0 saturated heterocycles. The van der Waals surface area contributed by atoms with E-state index in [4.69, 9.17) is 4.74 Å². The Bertz CT molecular complexity index is 582. The van der Waals surface area contributed by atoms with Gasteiger partial charge in [0.25, 0.3) is 0 Å². The van der Waals surface area contributed by atoms with E-state index in [0.717, 1.165) is 12.8 Å². The summed E-state index contributed by atoms with van der Waals surface area (Å²) in [5, 5.41) is 0. The van der Waals surface area contributed by atoms with Gasteiger partial charge in [0.15, 0.2) is 0 Å². The van der Waals surface area contributed by atoms with Crippen LogP contribution in [0.25, 0.3) is 0 Å². The van der Waals surface area contributed by atoms with E-state index < -0.39 is 0 Å². The Morgan fingerprint density at radius 1 is 0.348 bits per heavy atom. The van der Waals surface area contributed by atoms with E-state index in [2.05, 4.69) is 26.0 Å². The third kappa shape index (κ3) is 41.2. The van der Waals surface area contributed by atoms with Crippen LogP contribution in [0.3, 0.4) is 0 Å². The Kier molecular flexibility index (Phi) is 41.5. The minimum absolute atomic E-state index is 0.0243. The zero-order chi connectivity index (χ0) is 33.3. The molecule has 0 aliphatic carbocycles. The summed E-state index contributed by atoms with van der Waals surface area (Å²) in [6.07, 6.45) is 56.0. The SMILES string of the molecule is CCCCCCCC/C=C\CCCCCCCCOC(=O)CCCCCCCCCCCCCCCCCCCCCCCCC. The molecule has 46 heavy (non-hydrogen) atoms. The molecule has 0 aliphatic rings. The number of unbranched alkanes of at least 4 members (excludes halogenated alkanes) is 34. The number of hydrogen-bond donors (Lipinski definition) is 0. The Balaban J connectivity index is 3.17. The van der Waals surface area contributed by atoms with Crippen LogP contribution in [0.1, 0.15) is 258 Å². The van der Waals surface area contributed by atoms with E-state index in [0.29, 0.717) is 13.0 Å². The van der Waals surface area contributed by atoms with Crippen molar-refractivity contribution in [2.24, 2.45) is 0 Å². The third-order valence-corrected chi connectivity index (χ3v) is 9.90. The molecule has 0 aromatic heterocycles. The van der Waals surface area contributed by atoms with Gasteiger partial charge in [-0.15, -0.1) is 0 Å². The molecule has 0 radical (unpaired) electrons. The molecule has 0 fully saturated rings. The van der Waals surface area contributed by atoms with E-state index >= 15 is 0 Å². The summed E-state index contributed by atoms with van der Waals surface area (Å²) in [5.41, 5.74) is 0. The van der Waals surface area contributed by atoms with Gasteiger partial charge in [-0.05, 0) is 38.5 Å². The summed E-state index contributed by atoms with van der Waals surface area (Å²) >= 11 is 0. The topological polar surface area (TPSA) is 26.3 Å². The highest BCUT2D eigenvalue weighted by atomic mass is 16.5. The van der Waals surface area contributed by atoms with E-state index in [1.165, 1.54) is 225 Å². The van der Waals surface area contributed by atoms with Crippen LogP contribution < -0.4 is 0 Å². The lowest BCUT2D eigenvalue weighted by Crippen LogP contribution is -2.05. The van der Waals surface area contributed by atoms with Crippen molar-refractivity contribution in [3.63, 3.8) is 0 Å². The highest BCUT2D eigenvalue weighted by Gasteiger charge is 2.03. The quantitative estimate of drug-likeness (QED) is 0.0376. The van der Waals surface area contributed by atoms with E-state index in [1.807, 2.05) is 0 Å². The lowest BCUT2D eigenvalue weighted by molar-refractivity contribution is -0.143. The minimum atomic E-state index is 0.0243. The highest BCUT2D eigenvalue weighted by Crippen LogP contribution is 2.16. The van der Waals surface area contributed by atoms with Crippen LogP contribution in [-0.4, -0.2) is 12.6 Å². The maximum Gasteiger partial charge on any atom is 0.305 e. The molecule has 0 aliphatic heterocycles. The smallest absolute Gasteiger partial charge is 0.305 e. The van der Waals surface area contributed by atoms with Crippen LogP contribution in [0.15, 0.2) is 12.2 Å². The van der Waals surface area contributed by atoms with Crippen LogP contribution in [0.5, 0.6) is 0 Å². The average Bonchev–Trinajstić information content (AvgIpc) is 3.06. The molecular weight excluding hydrogens is 560 g/mol. The zero-order valence-corrected chi connectivity index (χ0v) is 32.0. The lowest BCUT2D eigenvalue weighted by atomic mass is 10.0. The van der Waals surface area contributed by atoms with Gasteiger partial charge in [-0.2, -0.15) is 0 Å². The fourth-order valence-electron chi connectivity index (χ4n) is 6.66. The van der Waals surface area contributed by atoms with Gasteiger partial charge in [0, 0.05) is 6.42 Å². The predicted octanol–water partition coefficient (Wildman–Crippen LogP) is 15.9. The average molecular weight is 647 g/mol. The monoisotopic (exact) mass is 647 g/mol. The summed E-state index contributed by atoms with van der Waals surface area (Å²) < 4.78 is 5.46. The molecule has 0 amide bonds. The van der Waals surface area contributed by atoms with Crippen molar-refractivity contribution in [2.75, 3.05) is 6.61 Å². The molecule has 0 atom stereocenters. The van der Waals surface area contributed by atoms with Gasteiger partial charge >= 0.3 is 5.97 Å². The first-order valence-corrected chi connectivity index (χ1v) is 21.6. The van der Waals surface area contributed by atoms with Crippen molar-refractivity contribution in [3.8, 4) is 0 Å². The van der Waals surface area contributed by atoms with Crippen molar-refractivity contribution in [3.05, 3.63) is 12.2 Å². The van der Waals surface area contributed by atoms with Gasteiger partial charge in [-0.25, -0.2) is 0 Å². The van der Waals surface area contributed by atoms with Crippen LogP contribution in [-0.2, 0) is 9.53 Å². The van der Waals surface area contributed by atoms with Gasteiger partial charge in [-0.1, -0.05) is 225 Å². The van der Waals surface area contributed by atoms with Crippen LogP contribution in [0.4, 0.5) is 0 Å². The van der Waals surface area contributed by atoms with Crippen molar-refractivity contribution >= 4 is 5.97 Å². The summed E-state index contributed by atoms with van der Waals surface area (Å²) in [6.45, 7) is 5.21. The molecule has 274 valence electrons. The summed E-state index contributed by atoms with van der Waals surface area (Å²) in [4.78, 5) is 12.0. The number of carbonyl (C=O) groups is 1. The highest BCUT2D eigenvalue weighted by molar-refractivity contribution is 5.69. The van der Waals surface area contributed by atoms with Gasteiger partial charge in [0.2, 0.25) is 0 Å². The number of carbonyl (C=O) groups excluding carboxylic acids is 1. The molecule has 0 spiro atoms. The maximum atomic E-state index is 12.0. The number of esters is 1. The molecule has 0 bridgehead atoms. The van der Waals surface area contributed by atoms with Gasteiger partial charge in [0.1, 0.15) is 0 Å². The second kappa shape index (κ2) is 42.2. The fourth-order valence-corrected chi connectivity index (χ4v) is 6.66. The molecule has 0 aromatic rings. The molecule has 0 saturated carbocycles. The number of ether oxygens (including phenoxy) is 1. The molecule has 2 heteroatoms. The maximum absolute atomic E-state index is 12.0. The summed E-state index contributed by atoms with van der Waals surface area (Å²) in [7, 11) is 0. The number of rotatable bonds is 40. The molecule has 0 rings (SSSR count). The minimum Gasteiger partial charge on any atom is -0.466 e. The van der Waals surface area contributed by atoms with E-state index in [1.54, 1.807) is 0 Å². The Hall–Kier alpha value is -0.790. The normalized spacial score (nSPS) is 11.6. The molecule has 0 aromatic carbocycles. The number of allylic oxidation sites excluding steroid dienone is 2. The number of hydrogen-bond acceptors (Lipinski definition) is 2. The van der Waals surface area contributed by atoms with E-state index in [9.17, 15) is 4.79 Å². The summed E-state index contributed by atoms with van der Waals surface area (Å²) in [6, 6.07) is 0. The lowest BCUT2D eigenvalue weighted by Gasteiger charge is -2.06. The van der Waals surface area contributed by atoms with Crippen LogP contribution in [0, 0.1) is 0 Å². The van der Waals surface area contributed by atoms with Crippen LogP contribution >= 0.6 is 0 Å². The zero-order valence-electron chi connectivity index (χ0n) is 32.0. The molecule has 0 N–H and O–H groups in total. The van der Waals surface area contributed by atoms with Crippen molar-refractivity contribution in [2.45, 2.75) is 258 Å². The fraction of sp³-hybridized carbons (Fsp3) is 0.932. The van der Waals surface area contributed by atoms with Gasteiger partial charge < -0.3 is 4.74 Å². The molecule has 0 heterocycles. The molecule has 2 nitrogen and oxygen atoms in total. The standard InChI is InChI=1S/C44H86O2/c1-3-5-7-9-11-13-15-17-19-21-22-23-24-25-26-27-28-30-32-34-36-38-40-42-44(45)46-43-41-39-37-35-33-31-29-20-18-16-14-12-10-8-6-4-2/h18,20H,3-17,19,21-43H2,1-2H3/b20-18-. The summed E-state index contributed by atoms with van der Waals surface area (Å²) in [5.74, 6) is 0.0243. The Labute approximate surface area is 291 Å².